The average Bonchev–Trinajstić information content (AvgIpc) is 2.39. The van der Waals surface area contributed by atoms with Crippen molar-refractivity contribution in [3.05, 3.63) is 24.0 Å². The zero-order valence-corrected chi connectivity index (χ0v) is 11.9. The van der Waals surface area contributed by atoms with Gasteiger partial charge in [0, 0.05) is 6.07 Å². The summed E-state index contributed by atoms with van der Waals surface area (Å²) in [5, 5.41) is 2.89. The molecule has 2 rings (SSSR count). The third-order valence-corrected chi connectivity index (χ3v) is 2.38. The maximum atomic E-state index is 13.2. The van der Waals surface area contributed by atoms with Crippen molar-refractivity contribution < 1.29 is 13.9 Å². The molecule has 1 aromatic heterocycles. The molecule has 0 radical (unpaired) electrons. The molecule has 7 nitrogen and oxygen atoms in total. The summed E-state index contributed by atoms with van der Waals surface area (Å²) >= 11 is 0. The van der Waals surface area contributed by atoms with E-state index in [4.69, 9.17) is 15.2 Å². The minimum atomic E-state index is -0.406. The molecular weight excluding hydrogens is 277 g/mol. The lowest BCUT2D eigenvalue weighted by Gasteiger charge is -2.12. The molecule has 3 N–H and O–H groups in total. The number of nitrogens with one attached hydrogen (secondary N) is 1. The molecule has 0 unspecified atom stereocenters. The van der Waals surface area contributed by atoms with Crippen LogP contribution in [0.1, 0.15) is 13.8 Å². The summed E-state index contributed by atoms with van der Waals surface area (Å²) in [5.41, 5.74) is 6.11. The number of hydrogen-bond donors (Lipinski definition) is 2. The third kappa shape index (κ3) is 3.91. The summed E-state index contributed by atoms with van der Waals surface area (Å²) in [6.45, 7) is 3.69. The molecule has 112 valence electrons. The maximum absolute atomic E-state index is 13.2. The lowest BCUT2D eigenvalue weighted by Crippen LogP contribution is -2.12. The third-order valence-electron chi connectivity index (χ3n) is 2.38. The van der Waals surface area contributed by atoms with Crippen LogP contribution in [0.15, 0.2) is 18.2 Å². The van der Waals surface area contributed by atoms with Crippen molar-refractivity contribution in [3.63, 3.8) is 0 Å². The van der Waals surface area contributed by atoms with Gasteiger partial charge in [0.25, 0.3) is 0 Å². The molecule has 0 amide bonds. The van der Waals surface area contributed by atoms with Crippen molar-refractivity contribution in [3.8, 4) is 11.8 Å². The number of methoxy groups -OCH3 is 1. The minimum absolute atomic E-state index is 0.0178. The second kappa shape index (κ2) is 6.21. The van der Waals surface area contributed by atoms with E-state index in [2.05, 4.69) is 20.3 Å². The fourth-order valence-electron chi connectivity index (χ4n) is 1.58. The minimum Gasteiger partial charge on any atom is -0.494 e. The number of anilines is 3. The van der Waals surface area contributed by atoms with E-state index >= 15 is 0 Å². The topological polar surface area (TPSA) is 95.2 Å². The van der Waals surface area contributed by atoms with E-state index in [1.807, 2.05) is 13.8 Å². The molecule has 21 heavy (non-hydrogen) atoms. The van der Waals surface area contributed by atoms with E-state index in [1.54, 1.807) is 0 Å². The summed E-state index contributed by atoms with van der Waals surface area (Å²) in [6.07, 6.45) is -0.0972. The van der Waals surface area contributed by atoms with Gasteiger partial charge >= 0.3 is 6.01 Å². The second-order valence-electron chi connectivity index (χ2n) is 4.44. The number of nitrogen functional groups attached to an aromatic ring is 1. The molecule has 0 aliphatic carbocycles. The zero-order valence-electron chi connectivity index (χ0n) is 11.9. The smallest absolute Gasteiger partial charge is 0.323 e. The van der Waals surface area contributed by atoms with Crippen LogP contribution in [0.2, 0.25) is 0 Å². The van der Waals surface area contributed by atoms with Gasteiger partial charge in [0.15, 0.2) is 0 Å². The second-order valence-corrected chi connectivity index (χ2v) is 4.44. The predicted molar refractivity (Wildman–Crippen MR) is 76.2 cm³/mol. The van der Waals surface area contributed by atoms with Crippen LogP contribution >= 0.6 is 0 Å². The standard InChI is InChI=1S/C13H16FN5O2/c1-7(2)21-13-18-11(15)17-12(19-13)16-9-5-4-8(14)6-10(9)20-3/h4-7H,1-3H3,(H3,15,16,17,18,19). The number of nitrogens with zero attached hydrogens (tertiary/aromatic N) is 3. The highest BCUT2D eigenvalue weighted by molar-refractivity contribution is 5.62. The Kier molecular flexibility index (Phi) is 4.36. The van der Waals surface area contributed by atoms with Crippen molar-refractivity contribution in [2.45, 2.75) is 20.0 Å². The Labute approximate surface area is 121 Å². The molecule has 0 fully saturated rings. The van der Waals surface area contributed by atoms with Gasteiger partial charge in [-0.3, -0.25) is 0 Å². The Bertz CT molecular complexity index is 636. The zero-order chi connectivity index (χ0) is 15.4. The molecule has 1 heterocycles. The number of rotatable bonds is 5. The Balaban J connectivity index is 2.29. The van der Waals surface area contributed by atoms with E-state index < -0.39 is 5.82 Å². The maximum Gasteiger partial charge on any atom is 0.323 e. The summed E-state index contributed by atoms with van der Waals surface area (Å²) in [5.74, 6) is 0.115. The van der Waals surface area contributed by atoms with Gasteiger partial charge in [0.2, 0.25) is 11.9 Å². The summed E-state index contributed by atoms with van der Waals surface area (Å²) in [4.78, 5) is 11.9. The number of ether oxygens (including phenoxy) is 2. The van der Waals surface area contributed by atoms with Gasteiger partial charge in [-0.15, -0.1) is 0 Å². The van der Waals surface area contributed by atoms with Crippen LogP contribution in [-0.4, -0.2) is 28.2 Å². The van der Waals surface area contributed by atoms with E-state index in [0.29, 0.717) is 11.4 Å². The van der Waals surface area contributed by atoms with Crippen molar-refractivity contribution >= 4 is 17.6 Å². The first kappa shape index (κ1) is 14.8. The van der Waals surface area contributed by atoms with Crippen molar-refractivity contribution in [2.75, 3.05) is 18.2 Å². The monoisotopic (exact) mass is 293 g/mol. The van der Waals surface area contributed by atoms with Gasteiger partial charge in [-0.05, 0) is 26.0 Å². The molecule has 0 spiro atoms. The highest BCUT2D eigenvalue weighted by Crippen LogP contribution is 2.27. The number of hydrogen-bond acceptors (Lipinski definition) is 7. The first-order valence-electron chi connectivity index (χ1n) is 6.26. The lowest BCUT2D eigenvalue weighted by molar-refractivity contribution is 0.222. The molecule has 0 aliphatic heterocycles. The average molecular weight is 293 g/mol. The number of aromatic nitrogens is 3. The fraction of sp³-hybridized carbons (Fsp3) is 0.308. The normalized spacial score (nSPS) is 10.5. The van der Waals surface area contributed by atoms with Crippen LogP contribution in [0.4, 0.5) is 22.0 Å². The molecule has 0 saturated carbocycles. The summed E-state index contributed by atoms with van der Waals surface area (Å²) in [6, 6.07) is 4.16. The Morgan fingerprint density at radius 3 is 2.67 bits per heavy atom. The van der Waals surface area contributed by atoms with Crippen LogP contribution in [0.25, 0.3) is 0 Å². The molecule has 2 aromatic rings. The molecule has 0 atom stereocenters. The van der Waals surface area contributed by atoms with E-state index in [0.717, 1.165) is 0 Å². The summed E-state index contributed by atoms with van der Waals surface area (Å²) in [7, 11) is 1.44. The quantitative estimate of drug-likeness (QED) is 0.871. The fourth-order valence-corrected chi connectivity index (χ4v) is 1.58. The van der Waals surface area contributed by atoms with Crippen molar-refractivity contribution in [1.82, 2.24) is 15.0 Å². The van der Waals surface area contributed by atoms with Crippen LogP contribution in [-0.2, 0) is 0 Å². The van der Waals surface area contributed by atoms with Gasteiger partial charge in [0.1, 0.15) is 11.6 Å². The van der Waals surface area contributed by atoms with Gasteiger partial charge in [0.05, 0.1) is 18.9 Å². The van der Waals surface area contributed by atoms with Crippen LogP contribution in [0.3, 0.4) is 0 Å². The Hall–Kier alpha value is -2.64. The number of benzene rings is 1. The highest BCUT2D eigenvalue weighted by Gasteiger charge is 2.10. The first-order chi connectivity index (χ1) is 9.97. The Morgan fingerprint density at radius 2 is 2.00 bits per heavy atom. The molecule has 1 aromatic carbocycles. The number of nitrogens with two attached hydrogens (primary N) is 1. The molecule has 0 saturated heterocycles. The summed E-state index contributed by atoms with van der Waals surface area (Å²) < 4.78 is 23.6. The van der Waals surface area contributed by atoms with E-state index in [1.165, 1.54) is 25.3 Å². The van der Waals surface area contributed by atoms with Crippen LogP contribution in [0.5, 0.6) is 11.8 Å². The van der Waals surface area contributed by atoms with Gasteiger partial charge < -0.3 is 20.5 Å². The molecule has 0 bridgehead atoms. The van der Waals surface area contributed by atoms with Crippen molar-refractivity contribution in [2.24, 2.45) is 0 Å². The van der Waals surface area contributed by atoms with Crippen molar-refractivity contribution in [1.29, 1.82) is 0 Å². The molecule has 8 heteroatoms. The molecule has 0 aliphatic rings. The number of halogens is 1. The van der Waals surface area contributed by atoms with E-state index in [9.17, 15) is 4.39 Å². The predicted octanol–water partition coefficient (Wildman–Crippen LogP) is 2.13. The van der Waals surface area contributed by atoms with Gasteiger partial charge in [-0.25, -0.2) is 4.39 Å². The molecular formula is C13H16FN5O2. The van der Waals surface area contributed by atoms with Crippen LogP contribution < -0.4 is 20.5 Å². The first-order valence-corrected chi connectivity index (χ1v) is 6.26. The van der Waals surface area contributed by atoms with E-state index in [-0.39, 0.29) is 24.0 Å². The highest BCUT2D eigenvalue weighted by atomic mass is 19.1. The van der Waals surface area contributed by atoms with Gasteiger partial charge in [-0.1, -0.05) is 0 Å². The van der Waals surface area contributed by atoms with Crippen LogP contribution in [0, 0.1) is 5.82 Å². The Morgan fingerprint density at radius 1 is 1.24 bits per heavy atom. The van der Waals surface area contributed by atoms with Gasteiger partial charge in [-0.2, -0.15) is 15.0 Å². The SMILES string of the molecule is COc1cc(F)ccc1Nc1nc(N)nc(OC(C)C)n1. The largest absolute Gasteiger partial charge is 0.494 e. The lowest BCUT2D eigenvalue weighted by atomic mass is 10.3.